The Balaban J connectivity index is 1.83. The number of aromatic nitrogens is 4. The number of benzene rings is 1. The maximum atomic E-state index is 12.2. The number of rotatable bonds is 3. The number of nitrogens with one attached hydrogen (secondary N) is 1. The molecule has 0 aliphatic rings. The van der Waals surface area contributed by atoms with Crippen molar-refractivity contribution in [1.82, 2.24) is 19.8 Å². The smallest absolute Gasteiger partial charge is 0.318 e. The number of carbonyl (C=O) groups excluding carboxylic acids is 1. The second-order valence-corrected chi connectivity index (χ2v) is 5.56. The third kappa shape index (κ3) is 3.02. The van der Waals surface area contributed by atoms with Crippen molar-refractivity contribution in [2.45, 2.75) is 19.5 Å². The number of amides is 1. The summed E-state index contributed by atoms with van der Waals surface area (Å²) in [4.78, 5) is 11.5. The highest BCUT2D eigenvalue weighted by Crippen LogP contribution is 2.27. The topological polar surface area (TPSA) is 72.2 Å². The van der Waals surface area contributed by atoms with Crippen LogP contribution in [0.25, 0.3) is 15.5 Å². The monoisotopic (exact) mass is 341 g/mol. The largest absolute Gasteiger partial charge is 0.471 e. The van der Waals surface area contributed by atoms with Crippen LogP contribution in [-0.2, 0) is 11.2 Å². The molecule has 0 atom stereocenters. The average molecular weight is 341 g/mol. The third-order valence-corrected chi connectivity index (χ3v) is 3.97. The van der Waals surface area contributed by atoms with E-state index in [9.17, 15) is 18.0 Å². The highest BCUT2D eigenvalue weighted by atomic mass is 32.1. The highest BCUT2D eigenvalue weighted by molar-refractivity contribution is 7.19. The molecule has 0 aliphatic heterocycles. The lowest BCUT2D eigenvalue weighted by Gasteiger charge is -2.07. The van der Waals surface area contributed by atoms with Gasteiger partial charge in [-0.3, -0.25) is 4.79 Å². The zero-order chi connectivity index (χ0) is 16.6. The summed E-state index contributed by atoms with van der Waals surface area (Å²) in [6.45, 7) is 1.94. The molecular formula is C13H10F3N5OS. The lowest BCUT2D eigenvalue weighted by molar-refractivity contribution is -0.167. The average Bonchev–Trinajstić information content (AvgIpc) is 3.07. The summed E-state index contributed by atoms with van der Waals surface area (Å²) in [5, 5.41) is 14.8. The number of aryl methyl sites for hydroxylation is 1. The fraction of sp³-hybridized carbons (Fsp3) is 0.231. The van der Waals surface area contributed by atoms with Crippen LogP contribution in [0, 0.1) is 0 Å². The van der Waals surface area contributed by atoms with E-state index in [4.69, 9.17) is 0 Å². The van der Waals surface area contributed by atoms with Crippen molar-refractivity contribution in [2.75, 3.05) is 5.32 Å². The number of carbonyl (C=O) groups is 1. The van der Waals surface area contributed by atoms with E-state index in [0.29, 0.717) is 22.0 Å². The highest BCUT2D eigenvalue weighted by Gasteiger charge is 2.38. The van der Waals surface area contributed by atoms with Gasteiger partial charge in [-0.25, -0.2) is 0 Å². The van der Waals surface area contributed by atoms with Gasteiger partial charge < -0.3 is 5.32 Å². The van der Waals surface area contributed by atoms with E-state index in [-0.39, 0.29) is 5.69 Å². The number of hydrogen-bond acceptors (Lipinski definition) is 5. The van der Waals surface area contributed by atoms with Crippen LogP contribution in [0.4, 0.5) is 18.9 Å². The Labute approximate surface area is 132 Å². The van der Waals surface area contributed by atoms with E-state index in [1.54, 1.807) is 22.0 Å². The van der Waals surface area contributed by atoms with Gasteiger partial charge in [0.25, 0.3) is 0 Å². The molecule has 0 fully saturated rings. The summed E-state index contributed by atoms with van der Waals surface area (Å²) in [5.41, 5.74) is 0.779. The first-order chi connectivity index (χ1) is 10.9. The van der Waals surface area contributed by atoms with Gasteiger partial charge in [-0.05, 0) is 24.3 Å². The first-order valence-corrected chi connectivity index (χ1v) is 7.40. The molecule has 0 unspecified atom stereocenters. The van der Waals surface area contributed by atoms with Crippen molar-refractivity contribution in [3.8, 4) is 10.6 Å². The van der Waals surface area contributed by atoms with Gasteiger partial charge in [0, 0.05) is 17.7 Å². The van der Waals surface area contributed by atoms with Gasteiger partial charge in [-0.15, -0.1) is 10.2 Å². The van der Waals surface area contributed by atoms with Gasteiger partial charge in [-0.1, -0.05) is 18.3 Å². The summed E-state index contributed by atoms with van der Waals surface area (Å²) in [6.07, 6.45) is -4.23. The molecule has 1 aromatic carbocycles. The molecule has 2 aromatic heterocycles. The second kappa shape index (κ2) is 5.61. The summed E-state index contributed by atoms with van der Waals surface area (Å²) >= 11 is 1.32. The Morgan fingerprint density at radius 1 is 1.26 bits per heavy atom. The summed E-state index contributed by atoms with van der Waals surface area (Å²) in [6, 6.07) is 5.96. The molecule has 23 heavy (non-hydrogen) atoms. The molecule has 2 heterocycles. The molecule has 6 nitrogen and oxygen atoms in total. The van der Waals surface area contributed by atoms with E-state index in [1.807, 2.05) is 6.92 Å². The predicted molar refractivity (Wildman–Crippen MR) is 78.2 cm³/mol. The molecule has 1 amide bonds. The SMILES string of the molecule is CCc1nnc2sc(-c3ccc(NC(=O)C(F)(F)F)cc3)nn12. The molecule has 0 saturated heterocycles. The number of nitrogens with zero attached hydrogens (tertiary/aromatic N) is 4. The normalized spacial score (nSPS) is 11.8. The van der Waals surface area contributed by atoms with Gasteiger partial charge in [-0.2, -0.15) is 22.8 Å². The van der Waals surface area contributed by atoms with Crippen LogP contribution in [0.1, 0.15) is 12.7 Å². The maximum Gasteiger partial charge on any atom is 0.471 e. The van der Waals surface area contributed by atoms with Crippen LogP contribution in [0.15, 0.2) is 24.3 Å². The fourth-order valence-electron chi connectivity index (χ4n) is 1.89. The third-order valence-electron chi connectivity index (χ3n) is 3.02. The molecule has 1 N–H and O–H groups in total. The Bertz CT molecular complexity index is 853. The minimum absolute atomic E-state index is 0.0633. The van der Waals surface area contributed by atoms with E-state index >= 15 is 0 Å². The van der Waals surface area contributed by atoms with Crippen molar-refractivity contribution >= 4 is 27.9 Å². The van der Waals surface area contributed by atoms with Gasteiger partial charge in [0.1, 0.15) is 5.01 Å². The molecule has 3 rings (SSSR count). The Morgan fingerprint density at radius 2 is 1.96 bits per heavy atom. The number of halogens is 3. The van der Waals surface area contributed by atoms with Crippen LogP contribution in [0.5, 0.6) is 0 Å². The standard InChI is InChI=1S/C13H10F3N5OS/c1-2-9-18-19-12-21(9)20-10(23-12)7-3-5-8(6-4-7)17-11(22)13(14,15)16/h3-6H,2H2,1H3,(H,17,22). The maximum absolute atomic E-state index is 12.2. The van der Waals surface area contributed by atoms with Crippen LogP contribution in [0.2, 0.25) is 0 Å². The van der Waals surface area contributed by atoms with Crippen molar-refractivity contribution in [3.63, 3.8) is 0 Å². The van der Waals surface area contributed by atoms with Crippen LogP contribution in [0.3, 0.4) is 0 Å². The zero-order valence-electron chi connectivity index (χ0n) is 11.8. The summed E-state index contributed by atoms with van der Waals surface area (Å²) in [7, 11) is 0. The molecular weight excluding hydrogens is 331 g/mol. The predicted octanol–water partition coefficient (Wildman–Crippen LogP) is 2.92. The molecule has 0 aliphatic carbocycles. The van der Waals surface area contributed by atoms with Gasteiger partial charge in [0.05, 0.1) is 0 Å². The van der Waals surface area contributed by atoms with Crippen molar-refractivity contribution in [1.29, 1.82) is 0 Å². The van der Waals surface area contributed by atoms with E-state index in [2.05, 4.69) is 15.3 Å². The van der Waals surface area contributed by atoms with Crippen LogP contribution in [-0.4, -0.2) is 31.9 Å². The lowest BCUT2D eigenvalue weighted by atomic mass is 10.2. The van der Waals surface area contributed by atoms with E-state index in [0.717, 1.165) is 5.82 Å². The van der Waals surface area contributed by atoms with Gasteiger partial charge >= 0.3 is 12.1 Å². The Hall–Kier alpha value is -2.49. The van der Waals surface area contributed by atoms with Gasteiger partial charge in [0.15, 0.2) is 5.82 Å². The van der Waals surface area contributed by atoms with E-state index < -0.39 is 12.1 Å². The molecule has 3 aromatic rings. The van der Waals surface area contributed by atoms with Crippen molar-refractivity contribution < 1.29 is 18.0 Å². The van der Waals surface area contributed by atoms with Crippen molar-refractivity contribution in [2.24, 2.45) is 0 Å². The van der Waals surface area contributed by atoms with E-state index in [1.165, 1.54) is 23.5 Å². The molecule has 10 heteroatoms. The van der Waals surface area contributed by atoms with Crippen molar-refractivity contribution in [3.05, 3.63) is 30.1 Å². The second-order valence-electron chi connectivity index (χ2n) is 4.60. The first kappa shape index (κ1) is 15.4. The minimum Gasteiger partial charge on any atom is -0.318 e. The van der Waals surface area contributed by atoms with Crippen LogP contribution < -0.4 is 5.32 Å². The molecule has 0 saturated carbocycles. The number of fused-ring (bicyclic) bond motifs is 1. The number of anilines is 1. The number of alkyl halides is 3. The van der Waals surface area contributed by atoms with Gasteiger partial charge in [0.2, 0.25) is 4.96 Å². The Morgan fingerprint density at radius 3 is 2.57 bits per heavy atom. The molecule has 0 bridgehead atoms. The zero-order valence-corrected chi connectivity index (χ0v) is 12.6. The first-order valence-electron chi connectivity index (χ1n) is 6.58. The number of hydrogen-bond donors (Lipinski definition) is 1. The molecule has 120 valence electrons. The summed E-state index contributed by atoms with van der Waals surface area (Å²) < 4.78 is 38.2. The lowest BCUT2D eigenvalue weighted by Crippen LogP contribution is -2.29. The van der Waals surface area contributed by atoms with Crippen LogP contribution >= 0.6 is 11.3 Å². The Kier molecular flexibility index (Phi) is 3.76. The fourth-order valence-corrected chi connectivity index (χ4v) is 2.76. The summed E-state index contributed by atoms with van der Waals surface area (Å²) in [5.74, 6) is -1.27. The minimum atomic E-state index is -4.91. The molecule has 0 radical (unpaired) electrons. The quantitative estimate of drug-likeness (QED) is 0.795. The molecule has 0 spiro atoms.